The Kier molecular flexibility index (Phi) is 4.98. The fraction of sp³-hybridized carbons (Fsp3) is 0.529. The van der Waals surface area contributed by atoms with E-state index < -0.39 is 5.54 Å². The average molecular weight is 284 g/mol. The van der Waals surface area contributed by atoms with Gasteiger partial charge in [-0.05, 0) is 38.4 Å². The van der Waals surface area contributed by atoms with E-state index in [0.29, 0.717) is 0 Å². The first-order valence-electron chi connectivity index (χ1n) is 7.74. The number of nitriles is 1. The second-order valence-electron chi connectivity index (χ2n) is 5.64. The third-order valence-electron chi connectivity index (χ3n) is 3.86. The summed E-state index contributed by atoms with van der Waals surface area (Å²) < 4.78 is 2.27. The van der Waals surface area contributed by atoms with Gasteiger partial charge < -0.3 is 4.57 Å². The number of nitrogens with one attached hydrogen (secondary N) is 1. The lowest BCUT2D eigenvalue weighted by Crippen LogP contribution is -2.41. The average Bonchev–Trinajstić information content (AvgIpc) is 2.83. The normalized spacial score (nSPS) is 14.0. The predicted molar refractivity (Wildman–Crippen MR) is 86.0 cm³/mol. The molecule has 2 rings (SSSR count). The molecule has 4 heteroatoms. The molecule has 0 fully saturated rings. The highest BCUT2D eigenvalue weighted by atomic mass is 15.1. The summed E-state index contributed by atoms with van der Waals surface area (Å²) in [5, 5.41) is 12.7. The first-order chi connectivity index (χ1) is 10.1. The molecule has 1 aromatic carbocycles. The number of benzene rings is 1. The number of aromatic nitrogens is 2. The lowest BCUT2D eigenvalue weighted by Gasteiger charge is -2.23. The molecule has 1 heterocycles. The summed E-state index contributed by atoms with van der Waals surface area (Å²) in [5.74, 6) is 1.12. The van der Waals surface area contributed by atoms with Crippen LogP contribution in [0.25, 0.3) is 11.0 Å². The SMILES string of the molecule is CCCc1nc2ccccc2n1CCC(C)(C#N)NCC. The van der Waals surface area contributed by atoms with Gasteiger partial charge in [-0.3, -0.25) is 5.32 Å². The fourth-order valence-corrected chi connectivity index (χ4v) is 2.70. The van der Waals surface area contributed by atoms with E-state index in [1.807, 2.05) is 26.0 Å². The molecule has 1 atom stereocenters. The van der Waals surface area contributed by atoms with Crippen LogP contribution in [0.4, 0.5) is 0 Å². The Bertz CT molecular complexity index is 638. The van der Waals surface area contributed by atoms with Crippen LogP contribution in [0.2, 0.25) is 0 Å². The van der Waals surface area contributed by atoms with Crippen molar-refractivity contribution >= 4 is 11.0 Å². The van der Waals surface area contributed by atoms with Crippen molar-refractivity contribution < 1.29 is 0 Å². The summed E-state index contributed by atoms with van der Waals surface area (Å²) in [6.45, 7) is 7.78. The second-order valence-corrected chi connectivity index (χ2v) is 5.64. The molecule has 21 heavy (non-hydrogen) atoms. The van der Waals surface area contributed by atoms with E-state index in [-0.39, 0.29) is 0 Å². The van der Waals surface area contributed by atoms with E-state index in [4.69, 9.17) is 4.98 Å². The second kappa shape index (κ2) is 6.73. The molecule has 0 aliphatic heterocycles. The molecule has 0 radical (unpaired) electrons. The van der Waals surface area contributed by atoms with Gasteiger partial charge in [0.25, 0.3) is 0 Å². The number of imidazole rings is 1. The van der Waals surface area contributed by atoms with Gasteiger partial charge in [0.2, 0.25) is 0 Å². The Morgan fingerprint density at radius 3 is 2.76 bits per heavy atom. The van der Waals surface area contributed by atoms with Crippen LogP contribution in [0.3, 0.4) is 0 Å². The van der Waals surface area contributed by atoms with Crippen LogP contribution in [0.1, 0.15) is 39.4 Å². The summed E-state index contributed by atoms with van der Waals surface area (Å²) >= 11 is 0. The van der Waals surface area contributed by atoms with Crippen LogP contribution in [0.5, 0.6) is 0 Å². The van der Waals surface area contributed by atoms with Crippen LogP contribution in [0.15, 0.2) is 24.3 Å². The van der Waals surface area contributed by atoms with E-state index in [1.165, 1.54) is 0 Å². The maximum Gasteiger partial charge on any atom is 0.109 e. The van der Waals surface area contributed by atoms with E-state index in [9.17, 15) is 5.26 Å². The van der Waals surface area contributed by atoms with Crippen molar-refractivity contribution in [3.8, 4) is 6.07 Å². The quantitative estimate of drug-likeness (QED) is 0.849. The topological polar surface area (TPSA) is 53.6 Å². The van der Waals surface area contributed by atoms with Crippen LogP contribution in [0, 0.1) is 11.3 Å². The van der Waals surface area contributed by atoms with Crippen molar-refractivity contribution in [2.45, 2.75) is 52.1 Å². The summed E-state index contributed by atoms with van der Waals surface area (Å²) in [5.41, 5.74) is 1.73. The summed E-state index contributed by atoms with van der Waals surface area (Å²) in [7, 11) is 0. The number of aryl methyl sites for hydroxylation is 2. The van der Waals surface area contributed by atoms with Gasteiger partial charge in [-0.15, -0.1) is 0 Å². The smallest absolute Gasteiger partial charge is 0.109 e. The Labute approximate surface area is 126 Å². The Hall–Kier alpha value is -1.86. The third-order valence-corrected chi connectivity index (χ3v) is 3.86. The van der Waals surface area contributed by atoms with Crippen LogP contribution in [-0.4, -0.2) is 21.6 Å². The van der Waals surface area contributed by atoms with Gasteiger partial charge in [0.15, 0.2) is 0 Å². The highest BCUT2D eigenvalue weighted by Gasteiger charge is 2.23. The Morgan fingerprint density at radius 1 is 1.33 bits per heavy atom. The molecule has 0 bridgehead atoms. The number of para-hydroxylation sites is 2. The fourth-order valence-electron chi connectivity index (χ4n) is 2.70. The van der Waals surface area contributed by atoms with Crippen molar-refractivity contribution in [3.63, 3.8) is 0 Å². The Morgan fingerprint density at radius 2 is 2.10 bits per heavy atom. The van der Waals surface area contributed by atoms with Gasteiger partial charge in [-0.25, -0.2) is 4.98 Å². The van der Waals surface area contributed by atoms with Crippen molar-refractivity contribution in [2.24, 2.45) is 0 Å². The molecule has 0 aliphatic carbocycles. The molecule has 1 aromatic heterocycles. The Balaban J connectivity index is 2.28. The van der Waals surface area contributed by atoms with Gasteiger partial charge in [0.05, 0.1) is 17.1 Å². The molecular weight excluding hydrogens is 260 g/mol. The first kappa shape index (κ1) is 15.5. The number of fused-ring (bicyclic) bond motifs is 1. The first-order valence-corrected chi connectivity index (χ1v) is 7.74. The van der Waals surface area contributed by atoms with Gasteiger partial charge in [0.1, 0.15) is 11.4 Å². The molecule has 0 saturated heterocycles. The van der Waals surface area contributed by atoms with Crippen molar-refractivity contribution in [2.75, 3.05) is 6.54 Å². The van der Waals surface area contributed by atoms with Crippen LogP contribution >= 0.6 is 0 Å². The summed E-state index contributed by atoms with van der Waals surface area (Å²) in [6, 6.07) is 10.6. The zero-order chi connectivity index (χ0) is 15.3. The molecule has 4 nitrogen and oxygen atoms in total. The van der Waals surface area contributed by atoms with Gasteiger partial charge >= 0.3 is 0 Å². The lowest BCUT2D eigenvalue weighted by atomic mass is 10.00. The molecule has 1 unspecified atom stereocenters. The van der Waals surface area contributed by atoms with E-state index in [1.54, 1.807) is 0 Å². The summed E-state index contributed by atoms with van der Waals surface area (Å²) in [6.07, 6.45) is 2.82. The maximum atomic E-state index is 9.39. The summed E-state index contributed by atoms with van der Waals surface area (Å²) in [4.78, 5) is 4.73. The van der Waals surface area contributed by atoms with Crippen molar-refractivity contribution in [1.29, 1.82) is 5.26 Å². The largest absolute Gasteiger partial charge is 0.328 e. The zero-order valence-corrected chi connectivity index (χ0v) is 13.2. The highest BCUT2D eigenvalue weighted by molar-refractivity contribution is 5.75. The molecule has 1 N–H and O–H groups in total. The maximum absolute atomic E-state index is 9.39. The minimum atomic E-state index is -0.483. The lowest BCUT2D eigenvalue weighted by molar-refractivity contribution is 0.400. The van der Waals surface area contributed by atoms with Crippen LogP contribution < -0.4 is 5.32 Å². The molecular formula is C17H24N4. The molecule has 112 valence electrons. The molecule has 2 aromatic rings. The monoisotopic (exact) mass is 284 g/mol. The standard InChI is InChI=1S/C17H24N4/c1-4-8-16-20-14-9-6-7-10-15(14)21(16)12-11-17(3,13-18)19-5-2/h6-7,9-10,19H,4-5,8,11-12H2,1-3H3. The number of rotatable bonds is 7. The van der Waals surface area contributed by atoms with E-state index in [2.05, 4.69) is 35.0 Å². The van der Waals surface area contributed by atoms with Crippen molar-refractivity contribution in [1.82, 2.24) is 14.9 Å². The minimum Gasteiger partial charge on any atom is -0.328 e. The van der Waals surface area contributed by atoms with Crippen LogP contribution in [-0.2, 0) is 13.0 Å². The van der Waals surface area contributed by atoms with E-state index >= 15 is 0 Å². The number of hydrogen-bond acceptors (Lipinski definition) is 3. The zero-order valence-electron chi connectivity index (χ0n) is 13.2. The van der Waals surface area contributed by atoms with Gasteiger partial charge in [-0.1, -0.05) is 26.0 Å². The molecule has 0 spiro atoms. The van der Waals surface area contributed by atoms with Gasteiger partial charge in [0, 0.05) is 13.0 Å². The molecule has 0 amide bonds. The third kappa shape index (κ3) is 3.43. The van der Waals surface area contributed by atoms with Crippen molar-refractivity contribution in [3.05, 3.63) is 30.1 Å². The number of hydrogen-bond donors (Lipinski definition) is 1. The van der Waals surface area contributed by atoms with E-state index in [0.717, 1.165) is 49.2 Å². The highest BCUT2D eigenvalue weighted by Crippen LogP contribution is 2.20. The molecule has 0 saturated carbocycles. The minimum absolute atomic E-state index is 0.483. The molecule has 0 aliphatic rings. The predicted octanol–water partition coefficient (Wildman–Crippen LogP) is 3.27. The van der Waals surface area contributed by atoms with Gasteiger partial charge in [-0.2, -0.15) is 5.26 Å². The number of nitrogens with zero attached hydrogens (tertiary/aromatic N) is 3.